The zero-order chi connectivity index (χ0) is 13.9. The lowest BCUT2D eigenvalue weighted by Gasteiger charge is -2.25. The van der Waals surface area contributed by atoms with Crippen molar-refractivity contribution in [1.82, 2.24) is 0 Å². The van der Waals surface area contributed by atoms with Gasteiger partial charge in [0.25, 0.3) is 0 Å². The molecule has 0 unspecified atom stereocenters. The molecular formula is C14H20Br2OSi. The highest BCUT2D eigenvalue weighted by atomic mass is 79.9. The zero-order valence-electron chi connectivity index (χ0n) is 11.6. The van der Waals surface area contributed by atoms with Gasteiger partial charge in [-0.1, -0.05) is 39.0 Å². The molecule has 0 atom stereocenters. The first kappa shape index (κ1) is 16.0. The van der Waals surface area contributed by atoms with Crippen LogP contribution < -0.4 is 4.43 Å². The van der Waals surface area contributed by atoms with E-state index < -0.39 is 9.04 Å². The quantitative estimate of drug-likeness (QED) is 0.623. The molecule has 0 saturated heterocycles. The summed E-state index contributed by atoms with van der Waals surface area (Å²) in [4.78, 5) is 0. The van der Waals surface area contributed by atoms with Crippen molar-refractivity contribution in [1.29, 1.82) is 0 Å². The first-order chi connectivity index (χ1) is 8.21. The average Bonchev–Trinajstić information content (AvgIpc) is 2.17. The maximum Gasteiger partial charge on any atom is 0.229 e. The highest BCUT2D eigenvalue weighted by Gasteiger charge is 2.21. The van der Waals surface area contributed by atoms with Gasteiger partial charge in [0, 0.05) is 5.56 Å². The van der Waals surface area contributed by atoms with Crippen molar-refractivity contribution in [3.8, 4) is 5.75 Å². The Morgan fingerprint density at radius 3 is 2.28 bits per heavy atom. The fraction of sp³-hybridized carbons (Fsp3) is 0.429. The van der Waals surface area contributed by atoms with Gasteiger partial charge in [0.1, 0.15) is 5.75 Å². The summed E-state index contributed by atoms with van der Waals surface area (Å²) >= 11 is 6.84. The van der Waals surface area contributed by atoms with E-state index in [1.807, 2.05) is 6.08 Å². The van der Waals surface area contributed by atoms with Crippen LogP contribution in [-0.4, -0.2) is 9.04 Å². The lowest BCUT2D eigenvalue weighted by molar-refractivity contribution is 0.519. The molecule has 0 radical (unpaired) electrons. The molecule has 0 aromatic heterocycles. The molecule has 0 saturated carbocycles. The second-order valence-electron chi connectivity index (χ2n) is 5.57. The van der Waals surface area contributed by atoms with Gasteiger partial charge in [-0.3, -0.25) is 0 Å². The van der Waals surface area contributed by atoms with E-state index in [-0.39, 0.29) is 5.41 Å². The molecule has 0 amide bonds. The van der Waals surface area contributed by atoms with Crippen molar-refractivity contribution in [2.75, 3.05) is 0 Å². The maximum absolute atomic E-state index is 6.16. The molecular weight excluding hydrogens is 372 g/mol. The Hall–Kier alpha value is -0.0631. The van der Waals surface area contributed by atoms with Gasteiger partial charge < -0.3 is 4.43 Å². The third kappa shape index (κ3) is 4.56. The monoisotopic (exact) mass is 390 g/mol. The van der Waals surface area contributed by atoms with E-state index >= 15 is 0 Å². The van der Waals surface area contributed by atoms with Gasteiger partial charge >= 0.3 is 0 Å². The number of rotatable bonds is 3. The Morgan fingerprint density at radius 2 is 1.83 bits per heavy atom. The van der Waals surface area contributed by atoms with E-state index in [1.165, 1.54) is 5.56 Å². The van der Waals surface area contributed by atoms with Crippen LogP contribution in [0.1, 0.15) is 31.9 Å². The van der Waals surface area contributed by atoms with Gasteiger partial charge in [-0.2, -0.15) is 0 Å². The van der Waals surface area contributed by atoms with E-state index in [2.05, 4.69) is 83.9 Å². The molecule has 18 heavy (non-hydrogen) atoms. The lowest BCUT2D eigenvalue weighted by Crippen LogP contribution is -2.19. The van der Waals surface area contributed by atoms with Gasteiger partial charge in [-0.05, 0) is 62.0 Å². The molecule has 4 heteroatoms. The summed E-state index contributed by atoms with van der Waals surface area (Å²) in [5.74, 6) is 1.03. The molecule has 0 heterocycles. The summed E-state index contributed by atoms with van der Waals surface area (Å²) in [5.41, 5.74) is 2.47. The summed E-state index contributed by atoms with van der Waals surface area (Å²) in [6.07, 6.45) is 2.04. The number of benzene rings is 1. The maximum atomic E-state index is 6.16. The van der Waals surface area contributed by atoms with Crippen molar-refractivity contribution in [3.05, 3.63) is 32.7 Å². The van der Waals surface area contributed by atoms with Gasteiger partial charge in [-0.25, -0.2) is 0 Å². The fourth-order valence-electron chi connectivity index (χ4n) is 1.74. The van der Waals surface area contributed by atoms with Crippen LogP contribution in [0.4, 0.5) is 0 Å². The summed E-state index contributed by atoms with van der Waals surface area (Å²) in [6.45, 7) is 11.0. The van der Waals surface area contributed by atoms with Gasteiger partial charge in [0.15, 0.2) is 0 Å². The molecule has 0 aliphatic heterocycles. The van der Waals surface area contributed by atoms with Gasteiger partial charge in [-0.15, -0.1) is 0 Å². The molecule has 0 aliphatic carbocycles. The second-order valence-corrected chi connectivity index (χ2v) is 10.7. The van der Waals surface area contributed by atoms with Crippen LogP contribution in [-0.2, 0) is 5.41 Å². The molecule has 0 aliphatic rings. The summed E-state index contributed by atoms with van der Waals surface area (Å²) in [5, 5.41) is 0. The topological polar surface area (TPSA) is 9.23 Å². The van der Waals surface area contributed by atoms with Crippen LogP contribution in [0.15, 0.2) is 21.6 Å². The second kappa shape index (κ2) is 6.39. The summed E-state index contributed by atoms with van der Waals surface area (Å²) in [6, 6.07) is 6.33. The van der Waals surface area contributed by atoms with E-state index in [4.69, 9.17) is 4.43 Å². The van der Waals surface area contributed by atoms with Crippen molar-refractivity contribution >= 4 is 47.0 Å². The predicted octanol–water partition coefficient (Wildman–Crippen LogP) is 5.43. The lowest BCUT2D eigenvalue weighted by atomic mass is 9.85. The van der Waals surface area contributed by atoms with E-state index in [0.717, 1.165) is 14.7 Å². The third-order valence-electron chi connectivity index (χ3n) is 2.47. The minimum Gasteiger partial charge on any atom is -0.546 e. The van der Waals surface area contributed by atoms with E-state index in [1.54, 1.807) is 0 Å². The Kier molecular flexibility index (Phi) is 5.68. The van der Waals surface area contributed by atoms with Crippen molar-refractivity contribution < 1.29 is 4.43 Å². The molecule has 0 fully saturated rings. The zero-order valence-corrected chi connectivity index (χ0v) is 15.9. The van der Waals surface area contributed by atoms with E-state index in [0.29, 0.717) is 0 Å². The number of halogens is 2. The third-order valence-corrected chi connectivity index (χ3v) is 3.64. The standard InChI is InChI=1S/C14H20Br2OSi/c1-14(2,3)11-8-6-7-10(9-12(15)16)13(11)17-18(4)5/h6-9,18H,1-5H3. The summed E-state index contributed by atoms with van der Waals surface area (Å²) in [7, 11) is -1.13. The van der Waals surface area contributed by atoms with Crippen molar-refractivity contribution in [3.63, 3.8) is 0 Å². The molecule has 100 valence electrons. The van der Waals surface area contributed by atoms with Gasteiger partial charge in [0.05, 0.1) is 3.39 Å². The molecule has 0 N–H and O–H groups in total. The van der Waals surface area contributed by atoms with Crippen LogP contribution >= 0.6 is 31.9 Å². The minimum atomic E-state index is -1.13. The Balaban J connectivity index is 3.40. The average molecular weight is 392 g/mol. The summed E-state index contributed by atoms with van der Waals surface area (Å²) < 4.78 is 7.08. The number of hydrogen-bond acceptors (Lipinski definition) is 1. The van der Waals surface area contributed by atoms with E-state index in [9.17, 15) is 0 Å². The Morgan fingerprint density at radius 1 is 1.22 bits per heavy atom. The minimum absolute atomic E-state index is 0.0846. The predicted molar refractivity (Wildman–Crippen MR) is 90.5 cm³/mol. The van der Waals surface area contributed by atoms with Crippen molar-refractivity contribution in [2.24, 2.45) is 0 Å². The van der Waals surface area contributed by atoms with Crippen LogP contribution in [0.25, 0.3) is 6.08 Å². The van der Waals surface area contributed by atoms with Crippen LogP contribution in [0, 0.1) is 0 Å². The van der Waals surface area contributed by atoms with Crippen LogP contribution in [0.2, 0.25) is 13.1 Å². The molecule has 0 spiro atoms. The Bertz CT molecular complexity index is 444. The largest absolute Gasteiger partial charge is 0.546 e. The first-order valence-electron chi connectivity index (χ1n) is 6.04. The number of para-hydroxylation sites is 1. The molecule has 1 aromatic carbocycles. The molecule has 0 bridgehead atoms. The first-order valence-corrected chi connectivity index (χ1v) is 10.4. The van der Waals surface area contributed by atoms with Crippen LogP contribution in [0.3, 0.4) is 0 Å². The van der Waals surface area contributed by atoms with Crippen LogP contribution in [0.5, 0.6) is 5.75 Å². The molecule has 1 aromatic rings. The highest BCUT2D eigenvalue weighted by Crippen LogP contribution is 2.36. The van der Waals surface area contributed by atoms with Gasteiger partial charge in [0.2, 0.25) is 9.04 Å². The smallest absolute Gasteiger partial charge is 0.229 e. The number of hydrogen-bond donors (Lipinski definition) is 0. The molecule has 1 nitrogen and oxygen atoms in total. The highest BCUT2D eigenvalue weighted by molar-refractivity contribution is 9.28. The fourth-order valence-corrected chi connectivity index (χ4v) is 2.97. The SMILES string of the molecule is C[SiH](C)Oc1c(C=C(Br)Br)cccc1C(C)(C)C. The normalized spacial score (nSPS) is 11.6. The molecule has 1 rings (SSSR count). The van der Waals surface area contributed by atoms with Crippen molar-refractivity contribution in [2.45, 2.75) is 39.3 Å². The Labute approximate surface area is 129 Å².